The number of amides is 1. The Hall–Kier alpha value is -2.96. The Morgan fingerprint density at radius 2 is 2.16 bits per heavy atom. The van der Waals surface area contributed by atoms with E-state index in [-0.39, 0.29) is 18.1 Å². The SMILES string of the molecule is CCN(Cc1cccc(F)c1)C(=O)CCc1nc(-c2ccco2)no1. The molecule has 0 bridgehead atoms. The van der Waals surface area contributed by atoms with Gasteiger partial charge >= 0.3 is 0 Å². The van der Waals surface area contributed by atoms with Crippen molar-refractivity contribution >= 4 is 5.91 Å². The van der Waals surface area contributed by atoms with Crippen LogP contribution in [0.2, 0.25) is 0 Å². The van der Waals surface area contributed by atoms with Crippen LogP contribution in [0.4, 0.5) is 4.39 Å². The van der Waals surface area contributed by atoms with E-state index >= 15 is 0 Å². The van der Waals surface area contributed by atoms with Gasteiger partial charge in [-0.05, 0) is 36.8 Å². The Morgan fingerprint density at radius 3 is 2.88 bits per heavy atom. The van der Waals surface area contributed by atoms with Gasteiger partial charge in [0.2, 0.25) is 17.6 Å². The molecule has 2 heterocycles. The number of hydrogen-bond donors (Lipinski definition) is 0. The molecule has 0 spiro atoms. The van der Waals surface area contributed by atoms with Gasteiger partial charge in [0.25, 0.3) is 0 Å². The molecule has 25 heavy (non-hydrogen) atoms. The molecule has 0 aliphatic heterocycles. The molecule has 0 aliphatic carbocycles. The van der Waals surface area contributed by atoms with E-state index < -0.39 is 0 Å². The maximum absolute atomic E-state index is 13.3. The van der Waals surface area contributed by atoms with Crippen LogP contribution < -0.4 is 0 Å². The molecule has 0 N–H and O–H groups in total. The molecular formula is C18H18FN3O3. The van der Waals surface area contributed by atoms with Crippen LogP contribution in [0, 0.1) is 5.82 Å². The minimum absolute atomic E-state index is 0.0514. The van der Waals surface area contributed by atoms with Crippen molar-refractivity contribution in [1.82, 2.24) is 15.0 Å². The largest absolute Gasteiger partial charge is 0.461 e. The number of halogens is 1. The number of furan rings is 1. The predicted molar refractivity (Wildman–Crippen MR) is 87.8 cm³/mol. The Labute approximate surface area is 144 Å². The zero-order valence-corrected chi connectivity index (χ0v) is 13.8. The van der Waals surface area contributed by atoms with Gasteiger partial charge in [-0.1, -0.05) is 17.3 Å². The van der Waals surface area contributed by atoms with Gasteiger partial charge in [0, 0.05) is 25.9 Å². The second-order valence-electron chi connectivity index (χ2n) is 5.53. The van der Waals surface area contributed by atoms with E-state index in [4.69, 9.17) is 8.94 Å². The highest BCUT2D eigenvalue weighted by atomic mass is 19.1. The predicted octanol–water partition coefficient (Wildman–Crippen LogP) is 3.45. The van der Waals surface area contributed by atoms with Crippen molar-refractivity contribution in [3.63, 3.8) is 0 Å². The maximum atomic E-state index is 13.3. The quantitative estimate of drug-likeness (QED) is 0.657. The summed E-state index contributed by atoms with van der Waals surface area (Å²) < 4.78 is 23.6. The highest BCUT2D eigenvalue weighted by Crippen LogP contribution is 2.16. The lowest BCUT2D eigenvalue weighted by Gasteiger charge is -2.20. The van der Waals surface area contributed by atoms with Gasteiger partial charge in [0.15, 0.2) is 5.76 Å². The van der Waals surface area contributed by atoms with Crippen molar-refractivity contribution < 1.29 is 18.1 Å². The molecule has 0 saturated heterocycles. The summed E-state index contributed by atoms with van der Waals surface area (Å²) in [5.41, 5.74) is 0.757. The fourth-order valence-electron chi connectivity index (χ4n) is 2.47. The molecule has 6 nitrogen and oxygen atoms in total. The summed E-state index contributed by atoms with van der Waals surface area (Å²) in [6.45, 7) is 2.80. The van der Waals surface area contributed by atoms with E-state index in [1.54, 1.807) is 29.2 Å². The summed E-state index contributed by atoms with van der Waals surface area (Å²) in [7, 11) is 0. The summed E-state index contributed by atoms with van der Waals surface area (Å²) in [5.74, 6) is 0.894. The van der Waals surface area contributed by atoms with Gasteiger partial charge in [-0.15, -0.1) is 0 Å². The third-order valence-electron chi connectivity index (χ3n) is 3.76. The first-order valence-electron chi connectivity index (χ1n) is 8.04. The van der Waals surface area contributed by atoms with E-state index in [0.29, 0.717) is 37.0 Å². The van der Waals surface area contributed by atoms with E-state index in [1.807, 2.05) is 6.92 Å². The standard InChI is InChI=1S/C18H18FN3O3/c1-2-22(12-13-5-3-6-14(19)11-13)17(23)9-8-16-20-18(21-25-16)15-7-4-10-24-15/h3-7,10-11H,2,8-9,12H2,1H3. The Bertz CT molecular complexity index is 830. The maximum Gasteiger partial charge on any atom is 0.238 e. The third-order valence-corrected chi connectivity index (χ3v) is 3.76. The molecule has 3 rings (SSSR count). The number of rotatable bonds is 7. The molecule has 0 unspecified atom stereocenters. The number of benzene rings is 1. The van der Waals surface area contributed by atoms with Crippen LogP contribution in [0.3, 0.4) is 0 Å². The smallest absolute Gasteiger partial charge is 0.238 e. The Balaban J connectivity index is 1.57. The van der Waals surface area contributed by atoms with Crippen molar-refractivity contribution in [2.75, 3.05) is 6.54 Å². The van der Waals surface area contributed by atoms with Crippen molar-refractivity contribution in [3.05, 3.63) is 59.9 Å². The van der Waals surface area contributed by atoms with Crippen LogP contribution in [0.25, 0.3) is 11.6 Å². The Kier molecular flexibility index (Phi) is 5.23. The molecule has 0 atom stereocenters. The summed E-state index contributed by atoms with van der Waals surface area (Å²) in [6.07, 6.45) is 2.11. The zero-order valence-electron chi connectivity index (χ0n) is 13.8. The van der Waals surface area contributed by atoms with E-state index in [2.05, 4.69) is 10.1 Å². The zero-order chi connectivity index (χ0) is 17.6. The normalized spacial score (nSPS) is 10.8. The van der Waals surface area contributed by atoms with Crippen LogP contribution in [0.15, 0.2) is 51.6 Å². The average Bonchev–Trinajstić information content (AvgIpc) is 3.28. The molecule has 1 aromatic carbocycles. The second kappa shape index (κ2) is 7.74. The van der Waals surface area contributed by atoms with Crippen LogP contribution >= 0.6 is 0 Å². The van der Waals surface area contributed by atoms with Crippen molar-refractivity contribution in [2.24, 2.45) is 0 Å². The summed E-state index contributed by atoms with van der Waals surface area (Å²) in [4.78, 5) is 18.3. The molecule has 3 aromatic rings. The van der Waals surface area contributed by atoms with Gasteiger partial charge < -0.3 is 13.8 Å². The van der Waals surface area contributed by atoms with Crippen LogP contribution in [-0.2, 0) is 17.8 Å². The van der Waals surface area contributed by atoms with E-state index in [0.717, 1.165) is 5.56 Å². The minimum Gasteiger partial charge on any atom is -0.461 e. The monoisotopic (exact) mass is 343 g/mol. The fraction of sp³-hybridized carbons (Fsp3) is 0.278. The molecule has 0 saturated carbocycles. The lowest BCUT2D eigenvalue weighted by atomic mass is 10.2. The number of carbonyl (C=O) groups excluding carboxylic acids is 1. The third kappa shape index (κ3) is 4.32. The number of hydrogen-bond acceptors (Lipinski definition) is 5. The minimum atomic E-state index is -0.308. The first-order chi connectivity index (χ1) is 12.2. The highest BCUT2D eigenvalue weighted by Gasteiger charge is 2.16. The topological polar surface area (TPSA) is 72.4 Å². The van der Waals surface area contributed by atoms with E-state index in [1.165, 1.54) is 18.4 Å². The number of carbonyl (C=O) groups is 1. The van der Waals surface area contributed by atoms with Gasteiger partial charge in [0.05, 0.1) is 6.26 Å². The summed E-state index contributed by atoms with van der Waals surface area (Å²) in [6, 6.07) is 9.72. The summed E-state index contributed by atoms with van der Waals surface area (Å²) in [5, 5.41) is 3.83. The van der Waals surface area contributed by atoms with Crippen molar-refractivity contribution in [3.8, 4) is 11.6 Å². The lowest BCUT2D eigenvalue weighted by Crippen LogP contribution is -2.30. The van der Waals surface area contributed by atoms with Gasteiger partial charge in [-0.3, -0.25) is 4.79 Å². The molecular weight excluding hydrogens is 325 g/mol. The lowest BCUT2D eigenvalue weighted by molar-refractivity contribution is -0.131. The highest BCUT2D eigenvalue weighted by molar-refractivity contribution is 5.76. The first-order valence-corrected chi connectivity index (χ1v) is 8.04. The van der Waals surface area contributed by atoms with Gasteiger partial charge in [-0.2, -0.15) is 4.98 Å². The number of aromatic nitrogens is 2. The summed E-state index contributed by atoms with van der Waals surface area (Å²) >= 11 is 0. The molecule has 0 radical (unpaired) electrons. The van der Waals surface area contributed by atoms with Gasteiger partial charge in [-0.25, -0.2) is 4.39 Å². The van der Waals surface area contributed by atoms with E-state index in [9.17, 15) is 9.18 Å². The molecule has 0 aliphatic rings. The first kappa shape index (κ1) is 16.9. The Morgan fingerprint density at radius 1 is 1.28 bits per heavy atom. The van der Waals surface area contributed by atoms with Crippen molar-refractivity contribution in [2.45, 2.75) is 26.3 Å². The van der Waals surface area contributed by atoms with Crippen LogP contribution in [0.5, 0.6) is 0 Å². The van der Waals surface area contributed by atoms with Crippen LogP contribution in [-0.4, -0.2) is 27.5 Å². The molecule has 2 aromatic heterocycles. The molecule has 0 fully saturated rings. The second-order valence-corrected chi connectivity index (χ2v) is 5.53. The van der Waals surface area contributed by atoms with Crippen molar-refractivity contribution in [1.29, 1.82) is 0 Å². The number of nitrogens with zero attached hydrogens (tertiary/aromatic N) is 3. The average molecular weight is 343 g/mol. The molecule has 130 valence electrons. The number of aryl methyl sites for hydroxylation is 1. The van der Waals surface area contributed by atoms with Gasteiger partial charge in [0.1, 0.15) is 5.82 Å². The molecule has 7 heteroatoms. The van der Waals surface area contributed by atoms with Crippen LogP contribution in [0.1, 0.15) is 24.8 Å². The molecule has 1 amide bonds. The fourth-order valence-corrected chi connectivity index (χ4v) is 2.47.